The van der Waals surface area contributed by atoms with Crippen LogP contribution in [0, 0.1) is 20.8 Å². The van der Waals surface area contributed by atoms with Gasteiger partial charge in [0.15, 0.2) is 0 Å². The first-order chi connectivity index (χ1) is 17.3. The molecule has 0 fully saturated rings. The second kappa shape index (κ2) is 37.1. The van der Waals surface area contributed by atoms with Crippen LogP contribution in [0.3, 0.4) is 0 Å². The zero-order valence-electron chi connectivity index (χ0n) is 24.6. The Bertz CT molecular complexity index is 582. The number of carbonyl (C=O) groups excluding carboxylic acids is 2. The first kappa shape index (κ1) is 43.0. The molecule has 0 aromatic heterocycles. The maximum Gasteiger partial charge on any atom is 2.00 e. The van der Waals surface area contributed by atoms with Gasteiger partial charge >= 0.3 is 23.9 Å². The van der Waals surface area contributed by atoms with Crippen molar-refractivity contribution in [3.63, 3.8) is 0 Å². The van der Waals surface area contributed by atoms with Crippen LogP contribution in [-0.4, -0.2) is 35.8 Å². The van der Waals surface area contributed by atoms with Crippen molar-refractivity contribution in [2.45, 2.75) is 143 Å². The first-order valence-electron chi connectivity index (χ1n) is 14.4. The number of hydrogen-bond acceptors (Lipinski definition) is 4. The van der Waals surface area contributed by atoms with Crippen molar-refractivity contribution in [2.75, 3.05) is 0 Å². The molecule has 1 aromatic rings. The summed E-state index contributed by atoms with van der Waals surface area (Å²) in [5, 5.41) is 20.4. The minimum atomic E-state index is -1.12. The summed E-state index contributed by atoms with van der Waals surface area (Å²) in [6.45, 7) is 15.5. The van der Waals surface area contributed by atoms with Crippen molar-refractivity contribution in [3.8, 4) is 0 Å². The van der Waals surface area contributed by atoms with E-state index >= 15 is 0 Å². The molecule has 0 unspecified atom stereocenters. The predicted octanol–water partition coefficient (Wildman–Crippen LogP) is 7.44. The van der Waals surface area contributed by atoms with Crippen LogP contribution in [0.1, 0.15) is 152 Å². The molecule has 0 N–H and O–H groups in total. The fourth-order valence-electron chi connectivity index (χ4n) is 3.06. The SMILES string of the molecule is CCCCCCCCCCCCCCCC(=O)[O-].Cc1cccc(C(=O)[O-])c1.[CH2]CCC.[CH2]CCC.[Sn+2]. The van der Waals surface area contributed by atoms with Gasteiger partial charge in [0.2, 0.25) is 0 Å². The Kier molecular flexibility index (Phi) is 43.2. The third-order valence-electron chi connectivity index (χ3n) is 5.45. The molecule has 37 heavy (non-hydrogen) atoms. The Hall–Kier alpha value is -1.04. The van der Waals surface area contributed by atoms with E-state index in [1.807, 2.05) is 13.0 Å². The van der Waals surface area contributed by atoms with Crippen LogP contribution >= 0.6 is 0 Å². The van der Waals surface area contributed by atoms with E-state index in [0.29, 0.717) is 0 Å². The molecule has 0 aliphatic rings. The number of carbonyl (C=O) groups is 2. The van der Waals surface area contributed by atoms with E-state index in [4.69, 9.17) is 0 Å². The maximum absolute atomic E-state index is 10.2. The summed E-state index contributed by atoms with van der Waals surface area (Å²) >= 11 is 0. The molecule has 5 heteroatoms. The summed E-state index contributed by atoms with van der Waals surface area (Å²) in [4.78, 5) is 20.4. The molecule has 0 amide bonds. The van der Waals surface area contributed by atoms with Gasteiger partial charge in [0.05, 0.1) is 5.97 Å². The first-order valence-corrected chi connectivity index (χ1v) is 14.4. The fourth-order valence-corrected chi connectivity index (χ4v) is 3.06. The molecule has 1 rings (SSSR count). The van der Waals surface area contributed by atoms with Gasteiger partial charge in [-0.3, -0.25) is 0 Å². The average molecular weight is 624 g/mol. The number of carboxylic acids is 2. The maximum atomic E-state index is 10.2. The van der Waals surface area contributed by atoms with Crippen LogP contribution in [0.15, 0.2) is 24.3 Å². The summed E-state index contributed by atoms with van der Waals surface area (Å²) in [6.07, 6.45) is 21.5. The molecule has 0 aliphatic carbocycles. The summed E-state index contributed by atoms with van der Waals surface area (Å²) in [7, 11) is 0. The molecule has 0 aliphatic heterocycles. The van der Waals surface area contributed by atoms with E-state index in [1.165, 1.54) is 89.5 Å². The van der Waals surface area contributed by atoms with Gasteiger partial charge in [0, 0.05) is 5.97 Å². The van der Waals surface area contributed by atoms with E-state index in [2.05, 4.69) is 34.6 Å². The topological polar surface area (TPSA) is 80.3 Å². The normalized spacial score (nSPS) is 9.35. The molecular weight excluding hydrogens is 567 g/mol. The standard InChI is InChI=1S/C16H32O2.C8H8O2.2C4H9.Sn/c1-2-3-4-5-6-7-8-9-10-11-12-13-14-15-16(17)18;1-6-3-2-4-7(5-6)8(9)10;2*1-3-4-2;/h2-15H2,1H3,(H,17,18);2-5H,1H3,(H,9,10);2*1,3-4H2,2H3;/q;;;;+2/p-2. The van der Waals surface area contributed by atoms with Crippen molar-refractivity contribution in [1.29, 1.82) is 0 Å². The van der Waals surface area contributed by atoms with Crippen molar-refractivity contribution in [2.24, 2.45) is 0 Å². The smallest absolute Gasteiger partial charge is 0.550 e. The van der Waals surface area contributed by atoms with E-state index in [0.717, 1.165) is 31.2 Å². The summed E-state index contributed by atoms with van der Waals surface area (Å²) < 4.78 is 0. The predicted molar refractivity (Wildman–Crippen MR) is 157 cm³/mol. The minimum absolute atomic E-state index is 0. The number of aliphatic carboxylic acids is 1. The largest absolute Gasteiger partial charge is 2.00 e. The van der Waals surface area contributed by atoms with E-state index in [-0.39, 0.29) is 35.9 Å². The number of hydrogen-bond donors (Lipinski definition) is 0. The number of carboxylic acid groups (broad SMARTS) is 2. The van der Waals surface area contributed by atoms with Gasteiger partial charge < -0.3 is 19.8 Å². The Morgan fingerprint density at radius 3 is 1.32 bits per heavy atom. The summed E-state index contributed by atoms with van der Waals surface area (Å²) in [5.74, 6) is -2.03. The van der Waals surface area contributed by atoms with Crippen LogP contribution < -0.4 is 10.2 Å². The molecule has 4 radical (unpaired) electrons. The minimum Gasteiger partial charge on any atom is -0.550 e. The number of unbranched alkanes of at least 4 members (excludes halogenated alkanes) is 14. The Morgan fingerprint density at radius 2 is 1.05 bits per heavy atom. The van der Waals surface area contributed by atoms with Crippen LogP contribution in [-0.2, 0) is 4.79 Å². The second-order valence-corrected chi connectivity index (χ2v) is 9.23. The zero-order valence-corrected chi connectivity index (χ0v) is 27.4. The third kappa shape index (κ3) is 42.3. The number of benzene rings is 1. The summed E-state index contributed by atoms with van der Waals surface area (Å²) in [6, 6.07) is 6.63. The molecule has 4 nitrogen and oxygen atoms in total. The number of aryl methyl sites for hydroxylation is 1. The molecule has 0 bridgehead atoms. The van der Waals surface area contributed by atoms with Crippen molar-refractivity contribution in [1.82, 2.24) is 0 Å². The van der Waals surface area contributed by atoms with Crippen LogP contribution in [0.5, 0.6) is 0 Å². The molecular formula is C32H56O4Sn. The Morgan fingerprint density at radius 1 is 0.676 bits per heavy atom. The van der Waals surface area contributed by atoms with Gasteiger partial charge in [-0.15, -0.1) is 0 Å². The van der Waals surface area contributed by atoms with Gasteiger partial charge in [0.25, 0.3) is 0 Å². The summed E-state index contributed by atoms with van der Waals surface area (Å²) in [5.41, 5.74) is 1.17. The monoisotopic (exact) mass is 624 g/mol. The molecule has 212 valence electrons. The number of rotatable bonds is 17. The van der Waals surface area contributed by atoms with Gasteiger partial charge in [-0.1, -0.05) is 167 Å². The van der Waals surface area contributed by atoms with Gasteiger partial charge in [-0.2, -0.15) is 0 Å². The number of aromatic carboxylic acids is 1. The Balaban J connectivity index is -0.000000239. The molecule has 0 spiro atoms. The fraction of sp³-hybridized carbons (Fsp3) is 0.688. The van der Waals surface area contributed by atoms with E-state index in [1.54, 1.807) is 12.1 Å². The third-order valence-corrected chi connectivity index (χ3v) is 5.45. The van der Waals surface area contributed by atoms with Crippen molar-refractivity contribution in [3.05, 3.63) is 49.2 Å². The molecule has 0 saturated heterocycles. The second-order valence-electron chi connectivity index (χ2n) is 9.23. The quantitative estimate of drug-likeness (QED) is 0.134. The van der Waals surface area contributed by atoms with E-state index < -0.39 is 11.9 Å². The van der Waals surface area contributed by atoms with Crippen LogP contribution in [0.2, 0.25) is 0 Å². The molecule has 0 atom stereocenters. The van der Waals surface area contributed by atoms with Crippen molar-refractivity contribution < 1.29 is 19.8 Å². The molecule has 0 saturated carbocycles. The van der Waals surface area contributed by atoms with Gasteiger partial charge in [-0.25, -0.2) is 0 Å². The van der Waals surface area contributed by atoms with Crippen molar-refractivity contribution >= 4 is 35.8 Å². The van der Waals surface area contributed by atoms with Crippen LogP contribution in [0.4, 0.5) is 0 Å². The molecule has 1 aromatic carbocycles. The van der Waals surface area contributed by atoms with Gasteiger partial charge in [-0.05, 0) is 25.3 Å². The van der Waals surface area contributed by atoms with Gasteiger partial charge in [0.1, 0.15) is 0 Å². The van der Waals surface area contributed by atoms with E-state index in [9.17, 15) is 19.8 Å². The van der Waals surface area contributed by atoms with Crippen LogP contribution in [0.25, 0.3) is 0 Å². The Labute approximate surface area is 247 Å². The zero-order chi connectivity index (χ0) is 27.9. The molecule has 0 heterocycles. The average Bonchev–Trinajstić information content (AvgIpc) is 2.87.